The van der Waals surface area contributed by atoms with Gasteiger partial charge in [0.05, 0.1) is 13.1 Å². The Kier molecular flexibility index (Phi) is 7.40. The van der Waals surface area contributed by atoms with Crippen molar-refractivity contribution in [3.8, 4) is 0 Å². The average molecular weight is 396 g/mol. The molecular formula is C19H33N5O4. The quantitative estimate of drug-likeness (QED) is 0.316. The van der Waals surface area contributed by atoms with Crippen LogP contribution >= 0.6 is 0 Å². The fraction of sp³-hybridized carbons (Fsp3) is 0.789. The van der Waals surface area contributed by atoms with Gasteiger partial charge in [0.15, 0.2) is 0 Å². The van der Waals surface area contributed by atoms with Crippen LogP contribution in [0, 0.1) is 10.8 Å². The Labute approximate surface area is 166 Å². The van der Waals surface area contributed by atoms with Crippen molar-refractivity contribution in [1.29, 1.82) is 0 Å². The molecule has 2 aliphatic rings. The van der Waals surface area contributed by atoms with Gasteiger partial charge in [0.25, 0.3) is 0 Å². The zero-order valence-corrected chi connectivity index (χ0v) is 17.2. The minimum absolute atomic E-state index is 0.0398. The summed E-state index contributed by atoms with van der Waals surface area (Å²) >= 11 is 0. The van der Waals surface area contributed by atoms with E-state index in [1.807, 2.05) is 13.8 Å². The second kappa shape index (κ2) is 9.36. The molecule has 2 saturated carbocycles. The molecule has 0 aromatic heterocycles. The zero-order chi connectivity index (χ0) is 20.8. The van der Waals surface area contributed by atoms with E-state index in [0.29, 0.717) is 26.2 Å². The minimum atomic E-state index is -0.212. The lowest BCUT2D eigenvalue weighted by atomic mass is 10.1. The molecule has 158 valence electrons. The smallest absolute Gasteiger partial charge is 0.234 e. The van der Waals surface area contributed by atoms with Crippen LogP contribution in [-0.2, 0) is 19.2 Å². The number of hydrogen-bond acceptors (Lipinski definition) is 5. The summed E-state index contributed by atoms with van der Waals surface area (Å²) in [6, 6.07) is 0. The van der Waals surface area contributed by atoms with E-state index < -0.39 is 0 Å². The van der Waals surface area contributed by atoms with E-state index in [2.05, 4.69) is 21.3 Å². The number of nitrogens with one attached hydrogen (secondary N) is 4. The predicted molar refractivity (Wildman–Crippen MR) is 104 cm³/mol. The molecule has 0 spiro atoms. The van der Waals surface area contributed by atoms with Gasteiger partial charge < -0.3 is 21.3 Å². The molecule has 0 radical (unpaired) electrons. The molecule has 0 aromatic rings. The maximum Gasteiger partial charge on any atom is 0.234 e. The van der Waals surface area contributed by atoms with Gasteiger partial charge in [-0.15, -0.1) is 0 Å². The van der Waals surface area contributed by atoms with Gasteiger partial charge in [0.2, 0.25) is 23.6 Å². The molecule has 28 heavy (non-hydrogen) atoms. The van der Waals surface area contributed by atoms with E-state index in [1.165, 1.54) is 0 Å². The van der Waals surface area contributed by atoms with Crippen molar-refractivity contribution < 1.29 is 19.2 Å². The Hall–Kier alpha value is -2.16. The summed E-state index contributed by atoms with van der Waals surface area (Å²) in [6.07, 6.45) is 3.68. The van der Waals surface area contributed by atoms with Gasteiger partial charge in [-0.05, 0) is 32.7 Å². The predicted octanol–water partition coefficient (Wildman–Crippen LogP) is -1.02. The fourth-order valence-corrected chi connectivity index (χ4v) is 2.67. The summed E-state index contributed by atoms with van der Waals surface area (Å²) in [5.41, 5.74) is -0.424. The van der Waals surface area contributed by atoms with Crippen molar-refractivity contribution in [3.05, 3.63) is 0 Å². The topological polar surface area (TPSA) is 120 Å². The van der Waals surface area contributed by atoms with Gasteiger partial charge >= 0.3 is 0 Å². The minimum Gasteiger partial charge on any atom is -0.354 e. The highest BCUT2D eigenvalue weighted by molar-refractivity contribution is 5.85. The molecule has 0 atom stereocenters. The lowest BCUT2D eigenvalue weighted by Gasteiger charge is -2.16. The molecule has 4 amide bonds. The number of amides is 4. The third-order valence-electron chi connectivity index (χ3n) is 5.39. The summed E-state index contributed by atoms with van der Waals surface area (Å²) in [7, 11) is 1.69. The highest BCUT2D eigenvalue weighted by Crippen LogP contribution is 2.45. The van der Waals surface area contributed by atoms with E-state index in [1.54, 1.807) is 11.9 Å². The number of carbonyl (C=O) groups is 4. The third kappa shape index (κ3) is 7.10. The lowest BCUT2D eigenvalue weighted by molar-refractivity contribution is -0.127. The van der Waals surface area contributed by atoms with Gasteiger partial charge in [0, 0.05) is 37.0 Å². The molecule has 9 nitrogen and oxygen atoms in total. The summed E-state index contributed by atoms with van der Waals surface area (Å²) in [5, 5.41) is 11.1. The Morgan fingerprint density at radius 1 is 0.679 bits per heavy atom. The number of carbonyl (C=O) groups excluding carboxylic acids is 4. The van der Waals surface area contributed by atoms with Crippen molar-refractivity contribution in [2.45, 2.75) is 39.5 Å². The van der Waals surface area contributed by atoms with Gasteiger partial charge in [-0.25, -0.2) is 0 Å². The molecule has 0 heterocycles. The monoisotopic (exact) mass is 395 g/mol. The average Bonchev–Trinajstić information content (AvgIpc) is 3.54. The maximum atomic E-state index is 11.9. The standard InChI is InChI=1S/C19H33N5O4/c1-18(4-5-18)16(27)22-10-8-20-14(25)12-24(3)13-15(26)21-9-11-23-17(28)19(2)6-7-19/h4-13H2,1-3H3,(H,20,25)(H,21,26)(H,22,27)(H,23,28). The first-order chi connectivity index (χ1) is 13.1. The van der Waals surface area contributed by atoms with Crippen molar-refractivity contribution >= 4 is 23.6 Å². The molecular weight excluding hydrogens is 362 g/mol. The second-order valence-electron chi connectivity index (χ2n) is 8.51. The lowest BCUT2D eigenvalue weighted by Crippen LogP contribution is -2.44. The van der Waals surface area contributed by atoms with Crippen LogP contribution in [0.3, 0.4) is 0 Å². The maximum absolute atomic E-state index is 11.9. The van der Waals surface area contributed by atoms with E-state index in [-0.39, 0.29) is 47.5 Å². The van der Waals surface area contributed by atoms with Crippen LogP contribution in [0.15, 0.2) is 0 Å². The Bertz CT molecular complexity index is 561. The first kappa shape index (κ1) is 22.1. The first-order valence-electron chi connectivity index (χ1n) is 9.93. The van der Waals surface area contributed by atoms with Crippen molar-refractivity contribution in [2.75, 3.05) is 46.3 Å². The molecule has 0 bridgehead atoms. The van der Waals surface area contributed by atoms with Crippen LogP contribution in [0.5, 0.6) is 0 Å². The summed E-state index contributed by atoms with van der Waals surface area (Å²) in [4.78, 5) is 48.9. The zero-order valence-electron chi connectivity index (χ0n) is 17.2. The molecule has 0 saturated heterocycles. The molecule has 2 aliphatic carbocycles. The number of rotatable bonds is 12. The van der Waals surface area contributed by atoms with Crippen molar-refractivity contribution in [1.82, 2.24) is 26.2 Å². The highest BCUT2D eigenvalue weighted by atomic mass is 16.2. The van der Waals surface area contributed by atoms with Crippen LogP contribution in [0.1, 0.15) is 39.5 Å². The van der Waals surface area contributed by atoms with Gasteiger partial charge in [0.1, 0.15) is 0 Å². The highest BCUT2D eigenvalue weighted by Gasteiger charge is 2.45. The van der Waals surface area contributed by atoms with Crippen LogP contribution < -0.4 is 21.3 Å². The van der Waals surface area contributed by atoms with Crippen molar-refractivity contribution in [2.24, 2.45) is 10.8 Å². The SMILES string of the molecule is CN(CC(=O)NCCNC(=O)C1(C)CC1)CC(=O)NCCNC(=O)C1(C)CC1. The first-order valence-corrected chi connectivity index (χ1v) is 9.93. The molecule has 0 unspecified atom stereocenters. The molecule has 4 N–H and O–H groups in total. The molecule has 0 aromatic carbocycles. The summed E-state index contributed by atoms with van der Waals surface area (Å²) in [6.45, 7) is 5.57. The van der Waals surface area contributed by atoms with E-state index in [9.17, 15) is 19.2 Å². The largest absolute Gasteiger partial charge is 0.354 e. The third-order valence-corrected chi connectivity index (χ3v) is 5.39. The molecule has 2 rings (SSSR count). The van der Waals surface area contributed by atoms with Crippen LogP contribution in [-0.4, -0.2) is 74.8 Å². The second-order valence-corrected chi connectivity index (χ2v) is 8.51. The Morgan fingerprint density at radius 3 is 1.32 bits per heavy atom. The Morgan fingerprint density at radius 2 is 1.00 bits per heavy atom. The van der Waals surface area contributed by atoms with Crippen LogP contribution in [0.25, 0.3) is 0 Å². The van der Waals surface area contributed by atoms with Gasteiger partial charge in [-0.2, -0.15) is 0 Å². The summed E-state index contributed by atoms with van der Waals surface area (Å²) in [5.74, 6) is -0.324. The van der Waals surface area contributed by atoms with E-state index >= 15 is 0 Å². The molecule has 2 fully saturated rings. The normalized spacial score (nSPS) is 18.1. The number of likely N-dealkylation sites (N-methyl/N-ethyl adjacent to an activating group) is 1. The van der Waals surface area contributed by atoms with E-state index in [4.69, 9.17) is 0 Å². The number of nitrogens with zero attached hydrogens (tertiary/aromatic N) is 1. The van der Waals surface area contributed by atoms with Gasteiger partial charge in [-0.3, -0.25) is 24.1 Å². The Balaban J connectivity index is 1.47. The molecule has 0 aliphatic heterocycles. The van der Waals surface area contributed by atoms with Crippen LogP contribution in [0.4, 0.5) is 0 Å². The molecule has 9 heteroatoms. The van der Waals surface area contributed by atoms with Crippen molar-refractivity contribution in [3.63, 3.8) is 0 Å². The van der Waals surface area contributed by atoms with Crippen LogP contribution in [0.2, 0.25) is 0 Å². The fourth-order valence-electron chi connectivity index (χ4n) is 2.67. The summed E-state index contributed by atoms with van der Waals surface area (Å²) < 4.78 is 0. The van der Waals surface area contributed by atoms with Gasteiger partial charge in [-0.1, -0.05) is 13.8 Å². The number of hydrogen-bond donors (Lipinski definition) is 4. The van der Waals surface area contributed by atoms with E-state index in [0.717, 1.165) is 25.7 Å².